The Morgan fingerprint density at radius 2 is 2.11 bits per heavy atom. The van der Waals surface area contributed by atoms with Crippen molar-refractivity contribution in [2.24, 2.45) is 0 Å². The van der Waals surface area contributed by atoms with E-state index in [1.807, 2.05) is 0 Å². The van der Waals surface area contributed by atoms with Crippen molar-refractivity contribution in [3.05, 3.63) is 41.6 Å². The molecule has 0 spiro atoms. The average Bonchev–Trinajstić information content (AvgIpc) is 2.77. The summed E-state index contributed by atoms with van der Waals surface area (Å²) in [6.07, 6.45) is 1.14. The van der Waals surface area contributed by atoms with Crippen LogP contribution < -0.4 is 5.32 Å². The molecular weight excluding hydrogens is 252 g/mol. The van der Waals surface area contributed by atoms with E-state index in [0.29, 0.717) is 5.69 Å². The zero-order chi connectivity index (χ0) is 14.0. The number of phenolic OH excluding ortho intramolecular Hbond substituents is 1. The van der Waals surface area contributed by atoms with E-state index in [0.717, 1.165) is 12.5 Å². The first-order chi connectivity index (χ1) is 8.99. The van der Waals surface area contributed by atoms with Crippen molar-refractivity contribution in [2.45, 2.75) is 6.92 Å². The molecule has 3 N–H and O–H groups in total. The maximum atomic E-state index is 11.8. The van der Waals surface area contributed by atoms with Crippen LogP contribution in [-0.4, -0.2) is 27.1 Å². The number of carbonyl (C=O) groups excluding carboxylic acids is 1. The summed E-state index contributed by atoms with van der Waals surface area (Å²) < 4.78 is 4.90. The van der Waals surface area contributed by atoms with Gasteiger partial charge < -0.3 is 19.9 Å². The molecule has 0 saturated carbocycles. The fourth-order valence-electron chi connectivity index (χ4n) is 1.47. The molecule has 0 radical (unpaired) electrons. The van der Waals surface area contributed by atoms with E-state index in [1.54, 1.807) is 6.92 Å². The summed E-state index contributed by atoms with van der Waals surface area (Å²) in [6, 6.07) is 3.61. The van der Waals surface area contributed by atoms with E-state index in [-0.39, 0.29) is 22.8 Å². The summed E-state index contributed by atoms with van der Waals surface area (Å²) in [7, 11) is 0. The molecular formula is C12H10N2O5. The van der Waals surface area contributed by atoms with Crippen molar-refractivity contribution < 1.29 is 24.2 Å². The van der Waals surface area contributed by atoms with Crippen LogP contribution in [0.3, 0.4) is 0 Å². The molecule has 2 aromatic rings. The van der Waals surface area contributed by atoms with Gasteiger partial charge in [0.2, 0.25) is 5.76 Å². The van der Waals surface area contributed by atoms with E-state index in [4.69, 9.17) is 9.52 Å². The lowest BCUT2D eigenvalue weighted by atomic mass is 10.2. The number of nitrogens with zero attached hydrogens (tertiary/aromatic N) is 1. The normalized spacial score (nSPS) is 10.2. The minimum atomic E-state index is -1.17. The van der Waals surface area contributed by atoms with E-state index >= 15 is 0 Å². The van der Waals surface area contributed by atoms with Gasteiger partial charge in [-0.25, -0.2) is 9.78 Å². The Bertz CT molecular complexity index is 647. The van der Waals surface area contributed by atoms with Crippen LogP contribution >= 0.6 is 0 Å². The van der Waals surface area contributed by atoms with Gasteiger partial charge in [-0.3, -0.25) is 4.79 Å². The summed E-state index contributed by atoms with van der Waals surface area (Å²) in [5.74, 6) is -2.06. The number of anilines is 1. The average molecular weight is 262 g/mol. The highest BCUT2D eigenvalue weighted by atomic mass is 16.4. The third kappa shape index (κ3) is 2.54. The molecule has 0 fully saturated rings. The monoisotopic (exact) mass is 262 g/mol. The van der Waals surface area contributed by atoms with Gasteiger partial charge in [-0.2, -0.15) is 0 Å². The molecule has 19 heavy (non-hydrogen) atoms. The molecule has 0 atom stereocenters. The number of amides is 1. The van der Waals surface area contributed by atoms with Crippen molar-refractivity contribution in [3.8, 4) is 5.75 Å². The molecule has 1 amide bonds. The molecule has 0 saturated heterocycles. The van der Waals surface area contributed by atoms with Crippen LogP contribution in [0.1, 0.15) is 26.6 Å². The van der Waals surface area contributed by atoms with Gasteiger partial charge in [-0.1, -0.05) is 0 Å². The maximum absolute atomic E-state index is 11.8. The second-order valence-electron chi connectivity index (χ2n) is 3.76. The summed E-state index contributed by atoms with van der Waals surface area (Å²) in [4.78, 5) is 26.3. The van der Waals surface area contributed by atoms with Crippen LogP contribution in [0.4, 0.5) is 5.69 Å². The second-order valence-corrected chi connectivity index (χ2v) is 3.76. The van der Waals surface area contributed by atoms with E-state index in [9.17, 15) is 14.7 Å². The van der Waals surface area contributed by atoms with Gasteiger partial charge in [-0.05, 0) is 25.1 Å². The highest BCUT2D eigenvalue weighted by molar-refractivity contribution is 6.04. The number of aryl methyl sites for hydroxylation is 1. The number of rotatable bonds is 3. The standard InChI is InChI=1S/C12H10N2O5/c1-6-10(19-5-13-6)11(16)14-8-3-2-7(12(17)18)4-9(8)15/h2-5,15H,1H3,(H,14,16)(H,17,18). The third-order valence-corrected chi connectivity index (χ3v) is 2.44. The highest BCUT2D eigenvalue weighted by Crippen LogP contribution is 2.25. The lowest BCUT2D eigenvalue weighted by molar-refractivity contribution is 0.0696. The van der Waals surface area contributed by atoms with Crippen molar-refractivity contribution in [2.75, 3.05) is 5.32 Å². The Morgan fingerprint density at radius 3 is 2.63 bits per heavy atom. The number of aromatic carboxylic acids is 1. The lowest BCUT2D eigenvalue weighted by Gasteiger charge is -2.06. The van der Waals surface area contributed by atoms with Gasteiger partial charge in [0, 0.05) is 0 Å². The van der Waals surface area contributed by atoms with Gasteiger partial charge in [0.1, 0.15) is 5.75 Å². The summed E-state index contributed by atoms with van der Waals surface area (Å²) in [5, 5.41) is 20.8. The van der Waals surface area contributed by atoms with Crippen LogP contribution in [0.2, 0.25) is 0 Å². The number of phenols is 1. The first kappa shape index (κ1) is 12.6. The number of carboxylic acid groups (broad SMARTS) is 1. The molecule has 0 unspecified atom stereocenters. The maximum Gasteiger partial charge on any atom is 0.335 e. The molecule has 0 aliphatic rings. The number of aromatic nitrogens is 1. The van der Waals surface area contributed by atoms with Gasteiger partial charge in [0.25, 0.3) is 5.91 Å². The fourth-order valence-corrected chi connectivity index (χ4v) is 1.47. The van der Waals surface area contributed by atoms with Crippen molar-refractivity contribution in [1.82, 2.24) is 4.98 Å². The number of nitrogens with one attached hydrogen (secondary N) is 1. The highest BCUT2D eigenvalue weighted by Gasteiger charge is 2.16. The van der Waals surface area contributed by atoms with Gasteiger partial charge in [0.05, 0.1) is 16.9 Å². The Kier molecular flexibility index (Phi) is 3.19. The molecule has 1 aromatic heterocycles. The second kappa shape index (κ2) is 4.81. The van der Waals surface area contributed by atoms with E-state index in [2.05, 4.69) is 10.3 Å². The van der Waals surface area contributed by atoms with Crippen LogP contribution in [0.25, 0.3) is 0 Å². The topological polar surface area (TPSA) is 113 Å². The Balaban J connectivity index is 2.23. The smallest absolute Gasteiger partial charge is 0.335 e. The zero-order valence-electron chi connectivity index (χ0n) is 9.88. The van der Waals surface area contributed by atoms with Crippen LogP contribution in [0.5, 0.6) is 5.75 Å². The van der Waals surface area contributed by atoms with E-state index < -0.39 is 11.9 Å². The van der Waals surface area contributed by atoms with Crippen LogP contribution in [-0.2, 0) is 0 Å². The number of hydrogen-bond acceptors (Lipinski definition) is 5. The van der Waals surface area contributed by atoms with Gasteiger partial charge in [0.15, 0.2) is 6.39 Å². The Labute approximate surface area is 107 Å². The first-order valence-electron chi connectivity index (χ1n) is 5.27. The molecule has 0 bridgehead atoms. The fraction of sp³-hybridized carbons (Fsp3) is 0.0833. The zero-order valence-corrected chi connectivity index (χ0v) is 9.88. The first-order valence-corrected chi connectivity index (χ1v) is 5.27. The third-order valence-electron chi connectivity index (χ3n) is 2.44. The molecule has 0 aliphatic heterocycles. The minimum absolute atomic E-state index is 0.0294. The molecule has 7 nitrogen and oxygen atoms in total. The lowest BCUT2D eigenvalue weighted by Crippen LogP contribution is -2.12. The van der Waals surface area contributed by atoms with Gasteiger partial charge >= 0.3 is 5.97 Å². The molecule has 1 heterocycles. The number of carboxylic acids is 1. The Hall–Kier alpha value is -2.83. The largest absolute Gasteiger partial charge is 0.506 e. The number of carbonyl (C=O) groups is 2. The van der Waals surface area contributed by atoms with Crippen LogP contribution in [0, 0.1) is 6.92 Å². The number of hydrogen-bond donors (Lipinski definition) is 3. The number of oxazole rings is 1. The molecule has 0 aliphatic carbocycles. The molecule has 98 valence electrons. The van der Waals surface area contributed by atoms with Crippen molar-refractivity contribution in [1.29, 1.82) is 0 Å². The molecule has 1 aromatic carbocycles. The quantitative estimate of drug-likeness (QED) is 0.725. The van der Waals surface area contributed by atoms with Gasteiger partial charge in [-0.15, -0.1) is 0 Å². The SMILES string of the molecule is Cc1ncoc1C(=O)Nc1ccc(C(=O)O)cc1O. The summed E-state index contributed by atoms with van der Waals surface area (Å²) in [6.45, 7) is 1.60. The van der Waals surface area contributed by atoms with Crippen molar-refractivity contribution >= 4 is 17.6 Å². The molecule has 7 heteroatoms. The van der Waals surface area contributed by atoms with Crippen LogP contribution in [0.15, 0.2) is 29.0 Å². The minimum Gasteiger partial charge on any atom is -0.506 e. The van der Waals surface area contributed by atoms with Crippen molar-refractivity contribution in [3.63, 3.8) is 0 Å². The predicted molar refractivity (Wildman–Crippen MR) is 64.3 cm³/mol. The summed E-state index contributed by atoms with van der Waals surface area (Å²) >= 11 is 0. The number of aromatic hydroxyl groups is 1. The Morgan fingerprint density at radius 1 is 1.37 bits per heavy atom. The number of benzene rings is 1. The summed E-state index contributed by atoms with van der Waals surface area (Å²) in [5.41, 5.74) is 0.427. The van der Waals surface area contributed by atoms with E-state index in [1.165, 1.54) is 12.1 Å². The predicted octanol–water partition coefficient (Wildman–Crippen LogP) is 1.64. The molecule has 2 rings (SSSR count).